The van der Waals surface area contributed by atoms with Crippen LogP contribution >= 0.6 is 15.9 Å². The van der Waals surface area contributed by atoms with Gasteiger partial charge in [-0.2, -0.15) is 0 Å². The molecule has 0 saturated carbocycles. The monoisotopic (exact) mass is 262 g/mol. The highest BCUT2D eigenvalue weighted by atomic mass is 79.9. The van der Waals surface area contributed by atoms with Crippen LogP contribution < -0.4 is 0 Å². The fourth-order valence-electron chi connectivity index (χ4n) is 1.09. The van der Waals surface area contributed by atoms with E-state index in [9.17, 15) is 8.42 Å². The maximum Gasteiger partial charge on any atom is 0.151 e. The van der Waals surface area contributed by atoms with Crippen molar-refractivity contribution in [1.82, 2.24) is 0 Å². The largest absolute Gasteiger partial charge is 0.229 e. The molecule has 0 spiro atoms. The minimum absolute atomic E-state index is 0.109. The molecule has 1 aromatic rings. The lowest BCUT2D eigenvalue weighted by atomic mass is 10.1. The van der Waals surface area contributed by atoms with Crippen molar-refractivity contribution in [1.29, 1.82) is 0 Å². The van der Waals surface area contributed by atoms with Gasteiger partial charge in [0, 0.05) is 10.7 Å². The molecule has 0 aliphatic rings. The Morgan fingerprint density at radius 3 is 2.54 bits per heavy atom. The van der Waals surface area contributed by atoms with Gasteiger partial charge in [0.2, 0.25) is 0 Å². The predicted octanol–water partition coefficient (Wildman–Crippen LogP) is 2.30. The van der Waals surface area contributed by atoms with Gasteiger partial charge in [0.25, 0.3) is 0 Å². The molecule has 0 aliphatic heterocycles. The van der Waals surface area contributed by atoms with Gasteiger partial charge in [-0.05, 0) is 24.1 Å². The Morgan fingerprint density at radius 1 is 1.38 bits per heavy atom. The predicted molar refractivity (Wildman–Crippen MR) is 57.4 cm³/mol. The summed E-state index contributed by atoms with van der Waals surface area (Å²) in [6.07, 6.45) is 1.24. The number of hydrogen-bond donors (Lipinski definition) is 0. The Kier molecular flexibility index (Phi) is 3.14. The Balaban J connectivity index is 3.10. The molecular weight excluding hydrogens is 252 g/mol. The van der Waals surface area contributed by atoms with Crippen LogP contribution in [-0.2, 0) is 15.6 Å². The smallest absolute Gasteiger partial charge is 0.151 e. The van der Waals surface area contributed by atoms with E-state index in [1.807, 2.05) is 25.1 Å². The number of hydrogen-bond acceptors (Lipinski definition) is 2. The van der Waals surface area contributed by atoms with Crippen molar-refractivity contribution in [2.75, 3.05) is 6.26 Å². The molecule has 4 heteroatoms. The maximum absolute atomic E-state index is 11.0. The Morgan fingerprint density at radius 2 is 2.00 bits per heavy atom. The van der Waals surface area contributed by atoms with Crippen LogP contribution in [0.4, 0.5) is 0 Å². The zero-order valence-corrected chi connectivity index (χ0v) is 9.94. The lowest BCUT2D eigenvalue weighted by Crippen LogP contribution is -2.02. The highest BCUT2D eigenvalue weighted by Crippen LogP contribution is 2.20. The molecule has 0 N–H and O–H groups in total. The maximum atomic E-state index is 11.0. The summed E-state index contributed by atoms with van der Waals surface area (Å²) < 4.78 is 23.1. The van der Waals surface area contributed by atoms with E-state index >= 15 is 0 Å². The second-order valence-electron chi connectivity index (χ2n) is 3.09. The summed E-state index contributed by atoms with van der Waals surface area (Å²) in [6.45, 7) is 1.91. The van der Waals surface area contributed by atoms with Crippen LogP contribution in [0.1, 0.15) is 11.1 Å². The number of halogens is 1. The van der Waals surface area contributed by atoms with Gasteiger partial charge < -0.3 is 0 Å². The van der Waals surface area contributed by atoms with Crippen LogP contribution in [0.2, 0.25) is 0 Å². The van der Waals surface area contributed by atoms with Crippen molar-refractivity contribution in [2.45, 2.75) is 12.7 Å². The minimum Gasteiger partial charge on any atom is -0.229 e. The van der Waals surface area contributed by atoms with Crippen LogP contribution in [-0.4, -0.2) is 14.7 Å². The van der Waals surface area contributed by atoms with Crippen LogP contribution in [0.3, 0.4) is 0 Å². The quantitative estimate of drug-likeness (QED) is 0.820. The van der Waals surface area contributed by atoms with E-state index in [1.165, 1.54) is 6.26 Å². The zero-order chi connectivity index (χ0) is 10.1. The summed E-state index contributed by atoms with van der Waals surface area (Å²) in [5.41, 5.74) is 1.85. The number of benzene rings is 1. The van der Waals surface area contributed by atoms with Crippen molar-refractivity contribution >= 4 is 25.8 Å². The third kappa shape index (κ3) is 3.12. The highest BCUT2D eigenvalue weighted by Gasteiger charge is 2.08. The molecule has 72 valence electrons. The first-order valence-electron chi connectivity index (χ1n) is 3.82. The van der Waals surface area contributed by atoms with E-state index in [2.05, 4.69) is 15.9 Å². The standard InChI is InChI=1S/C9H11BrO2S/c1-7-8(6-13(2,11)12)4-3-5-9(7)10/h3-5H,6H2,1-2H3. The van der Waals surface area contributed by atoms with E-state index < -0.39 is 9.84 Å². The van der Waals surface area contributed by atoms with Gasteiger partial charge in [-0.1, -0.05) is 28.1 Å². The third-order valence-corrected chi connectivity index (χ3v) is 3.49. The van der Waals surface area contributed by atoms with E-state index in [-0.39, 0.29) is 5.75 Å². The normalized spacial score (nSPS) is 11.6. The molecule has 0 amide bonds. The lowest BCUT2D eigenvalue weighted by Gasteiger charge is -2.05. The van der Waals surface area contributed by atoms with Crippen molar-refractivity contribution in [3.63, 3.8) is 0 Å². The molecule has 0 aliphatic carbocycles. The summed E-state index contributed by atoms with van der Waals surface area (Å²) in [5, 5.41) is 0. The van der Waals surface area contributed by atoms with Crippen LogP contribution in [0.15, 0.2) is 22.7 Å². The first-order chi connectivity index (χ1) is 5.90. The molecule has 0 saturated heterocycles. The van der Waals surface area contributed by atoms with Crippen molar-refractivity contribution in [3.8, 4) is 0 Å². The Hall–Kier alpha value is -0.350. The average Bonchev–Trinajstić information content (AvgIpc) is 1.96. The van der Waals surface area contributed by atoms with Gasteiger partial charge in [0.1, 0.15) is 0 Å². The minimum atomic E-state index is -2.94. The SMILES string of the molecule is Cc1c(Br)cccc1CS(C)(=O)=O. The Bertz CT molecular complexity index is 410. The van der Waals surface area contributed by atoms with Gasteiger partial charge >= 0.3 is 0 Å². The molecule has 0 fully saturated rings. The molecule has 13 heavy (non-hydrogen) atoms. The number of sulfone groups is 1. The second-order valence-corrected chi connectivity index (χ2v) is 6.09. The molecule has 0 bridgehead atoms. The number of rotatable bonds is 2. The van der Waals surface area contributed by atoms with E-state index in [0.29, 0.717) is 0 Å². The second kappa shape index (κ2) is 3.80. The summed E-state index contributed by atoms with van der Waals surface area (Å²) in [6, 6.07) is 5.58. The van der Waals surface area contributed by atoms with Gasteiger partial charge in [0.05, 0.1) is 5.75 Å². The molecule has 1 rings (SSSR count). The summed E-state index contributed by atoms with van der Waals surface area (Å²) in [4.78, 5) is 0. The van der Waals surface area contributed by atoms with Gasteiger partial charge in [0.15, 0.2) is 9.84 Å². The van der Waals surface area contributed by atoms with Crippen molar-refractivity contribution in [2.24, 2.45) is 0 Å². The fraction of sp³-hybridized carbons (Fsp3) is 0.333. The molecule has 0 radical (unpaired) electrons. The molecule has 0 atom stereocenters. The topological polar surface area (TPSA) is 34.1 Å². The zero-order valence-electron chi connectivity index (χ0n) is 7.54. The summed E-state index contributed by atoms with van der Waals surface area (Å²) in [7, 11) is -2.94. The lowest BCUT2D eigenvalue weighted by molar-refractivity contribution is 0.601. The first kappa shape index (κ1) is 10.7. The van der Waals surface area contributed by atoms with Gasteiger partial charge in [-0.3, -0.25) is 0 Å². The molecule has 1 aromatic carbocycles. The van der Waals surface area contributed by atoms with Crippen LogP contribution in [0, 0.1) is 6.92 Å². The summed E-state index contributed by atoms with van der Waals surface area (Å²) in [5.74, 6) is 0.109. The molecule has 2 nitrogen and oxygen atoms in total. The first-order valence-corrected chi connectivity index (χ1v) is 6.67. The average molecular weight is 263 g/mol. The van der Waals surface area contributed by atoms with Gasteiger partial charge in [-0.25, -0.2) is 8.42 Å². The van der Waals surface area contributed by atoms with Crippen LogP contribution in [0.25, 0.3) is 0 Å². The molecule has 0 unspecified atom stereocenters. The molecular formula is C9H11BrO2S. The third-order valence-electron chi connectivity index (χ3n) is 1.80. The van der Waals surface area contributed by atoms with Crippen molar-refractivity contribution < 1.29 is 8.42 Å². The Labute approximate surface area is 87.0 Å². The van der Waals surface area contributed by atoms with Gasteiger partial charge in [-0.15, -0.1) is 0 Å². The van der Waals surface area contributed by atoms with Crippen LogP contribution in [0.5, 0.6) is 0 Å². The van der Waals surface area contributed by atoms with Crippen molar-refractivity contribution in [3.05, 3.63) is 33.8 Å². The van der Waals surface area contributed by atoms with E-state index in [0.717, 1.165) is 15.6 Å². The molecule has 0 heterocycles. The highest BCUT2D eigenvalue weighted by molar-refractivity contribution is 9.10. The molecule has 0 aromatic heterocycles. The van der Waals surface area contributed by atoms with E-state index in [4.69, 9.17) is 0 Å². The summed E-state index contributed by atoms with van der Waals surface area (Å²) >= 11 is 3.36. The van der Waals surface area contributed by atoms with E-state index in [1.54, 1.807) is 0 Å². The fourth-order valence-corrected chi connectivity index (χ4v) is 2.38.